The number of nitrogens with one attached hydrogen (secondary N) is 3. The number of aromatic nitrogens is 2. The second kappa shape index (κ2) is 12.0. The molecule has 0 fully saturated rings. The Hall–Kier alpha value is -4.47. The van der Waals surface area contributed by atoms with Crippen molar-refractivity contribution in [1.82, 2.24) is 20.4 Å². The van der Waals surface area contributed by atoms with Gasteiger partial charge in [-0.3, -0.25) is 19.2 Å². The number of hydrogen-bond donors (Lipinski definition) is 3. The smallest absolute Gasteiger partial charge is 0.267 e. The van der Waals surface area contributed by atoms with Crippen LogP contribution in [0.2, 0.25) is 0 Å². The molecule has 2 aromatic carbocycles. The normalized spacial score (nSPS) is 10.9. The Balaban J connectivity index is 1.49. The van der Waals surface area contributed by atoms with Crippen LogP contribution in [0.4, 0.5) is 5.69 Å². The van der Waals surface area contributed by atoms with Gasteiger partial charge >= 0.3 is 0 Å². The minimum Gasteiger partial charge on any atom is -0.496 e. The van der Waals surface area contributed by atoms with Gasteiger partial charge in [-0.2, -0.15) is 5.10 Å². The molecule has 1 aromatic heterocycles. The molecule has 37 heavy (non-hydrogen) atoms. The molecule has 0 aliphatic heterocycles. The van der Waals surface area contributed by atoms with Gasteiger partial charge in [-0.15, -0.1) is 0 Å². The predicted octanol–water partition coefficient (Wildman–Crippen LogP) is 2.45. The molecule has 3 aromatic rings. The molecule has 3 amide bonds. The first-order valence-electron chi connectivity index (χ1n) is 11.8. The monoisotopic (exact) mass is 505 g/mol. The lowest BCUT2D eigenvalue weighted by atomic mass is 9.95. The van der Waals surface area contributed by atoms with Crippen molar-refractivity contribution in [1.29, 1.82) is 0 Å². The molecule has 0 aliphatic carbocycles. The Morgan fingerprint density at radius 2 is 1.59 bits per heavy atom. The topological polar surface area (TPSA) is 131 Å². The van der Waals surface area contributed by atoms with Crippen molar-refractivity contribution in [2.75, 3.05) is 25.5 Å². The summed E-state index contributed by atoms with van der Waals surface area (Å²) in [7, 11) is 1.55. The maximum atomic E-state index is 12.4. The van der Waals surface area contributed by atoms with Crippen molar-refractivity contribution in [3.8, 4) is 17.0 Å². The van der Waals surface area contributed by atoms with Crippen molar-refractivity contribution in [2.24, 2.45) is 5.41 Å². The van der Waals surface area contributed by atoms with Crippen molar-refractivity contribution >= 4 is 23.4 Å². The number of ether oxygens (including phenoxy) is 1. The zero-order valence-electron chi connectivity index (χ0n) is 21.3. The molecule has 0 saturated carbocycles. The molecule has 0 bridgehead atoms. The Bertz CT molecular complexity index is 1330. The zero-order valence-corrected chi connectivity index (χ0v) is 21.3. The Morgan fingerprint density at radius 1 is 0.919 bits per heavy atom. The van der Waals surface area contributed by atoms with Crippen LogP contribution >= 0.6 is 0 Å². The fourth-order valence-corrected chi connectivity index (χ4v) is 3.26. The van der Waals surface area contributed by atoms with Gasteiger partial charge in [0.05, 0.1) is 12.8 Å². The lowest BCUT2D eigenvalue weighted by molar-refractivity contribution is -0.123. The summed E-state index contributed by atoms with van der Waals surface area (Å²) >= 11 is 0. The highest BCUT2D eigenvalue weighted by molar-refractivity contribution is 5.97. The first-order chi connectivity index (χ1) is 17.6. The number of carbonyl (C=O) groups is 3. The third-order valence-corrected chi connectivity index (χ3v) is 5.36. The van der Waals surface area contributed by atoms with Crippen LogP contribution in [-0.4, -0.2) is 47.7 Å². The number of carbonyl (C=O) groups excluding carboxylic acids is 3. The number of methoxy groups -OCH3 is 1. The molecule has 1 heterocycles. The van der Waals surface area contributed by atoms with E-state index < -0.39 is 16.9 Å². The quantitative estimate of drug-likeness (QED) is 0.383. The maximum absolute atomic E-state index is 12.4. The molecule has 3 N–H and O–H groups in total. The minimum atomic E-state index is -0.525. The van der Waals surface area contributed by atoms with E-state index in [0.29, 0.717) is 28.3 Å². The molecule has 0 atom stereocenters. The highest BCUT2D eigenvalue weighted by Crippen LogP contribution is 2.27. The van der Waals surface area contributed by atoms with Gasteiger partial charge in [0.15, 0.2) is 0 Å². The van der Waals surface area contributed by atoms with Crippen LogP contribution in [0.1, 0.15) is 31.1 Å². The first-order valence-corrected chi connectivity index (χ1v) is 11.8. The van der Waals surface area contributed by atoms with Crippen LogP contribution in [0.15, 0.2) is 65.5 Å². The second-order valence-corrected chi connectivity index (χ2v) is 9.30. The zero-order chi connectivity index (χ0) is 27.0. The molecular weight excluding hydrogens is 474 g/mol. The summed E-state index contributed by atoms with van der Waals surface area (Å²) in [4.78, 5) is 49.0. The van der Waals surface area contributed by atoms with E-state index in [4.69, 9.17) is 4.74 Å². The lowest BCUT2D eigenvalue weighted by Gasteiger charge is -2.17. The van der Waals surface area contributed by atoms with Gasteiger partial charge in [0, 0.05) is 41.4 Å². The molecule has 0 radical (unpaired) electrons. The second-order valence-electron chi connectivity index (χ2n) is 9.30. The van der Waals surface area contributed by atoms with Gasteiger partial charge in [0.2, 0.25) is 11.8 Å². The van der Waals surface area contributed by atoms with Crippen molar-refractivity contribution in [3.05, 3.63) is 76.6 Å². The summed E-state index contributed by atoms with van der Waals surface area (Å²) < 4.78 is 6.42. The number of benzene rings is 2. The Morgan fingerprint density at radius 3 is 2.27 bits per heavy atom. The summed E-state index contributed by atoms with van der Waals surface area (Å²) in [6.07, 6.45) is 0. The van der Waals surface area contributed by atoms with Crippen LogP contribution < -0.4 is 26.2 Å². The molecule has 10 nitrogen and oxygen atoms in total. The number of para-hydroxylation sites is 1. The molecule has 0 unspecified atom stereocenters. The number of nitrogens with zero attached hydrogens (tertiary/aromatic N) is 2. The Labute approximate surface area is 215 Å². The van der Waals surface area contributed by atoms with Crippen LogP contribution in [0.5, 0.6) is 5.75 Å². The summed E-state index contributed by atoms with van der Waals surface area (Å²) in [6, 6.07) is 16.7. The van der Waals surface area contributed by atoms with Gasteiger partial charge in [-0.1, -0.05) is 32.9 Å². The van der Waals surface area contributed by atoms with Crippen molar-refractivity contribution in [2.45, 2.75) is 27.3 Å². The highest BCUT2D eigenvalue weighted by atomic mass is 16.5. The molecule has 0 aliphatic rings. The molecule has 0 spiro atoms. The van der Waals surface area contributed by atoms with Gasteiger partial charge in [0.25, 0.3) is 11.5 Å². The SMILES string of the molecule is COc1ccccc1-c1ccc(=O)n(CC(=O)NCCNC(=O)c2ccc(NC(=O)C(C)(C)C)cc2)n1. The van der Waals surface area contributed by atoms with E-state index in [-0.39, 0.29) is 31.4 Å². The molecular formula is C27H31N5O5. The van der Waals surface area contributed by atoms with Gasteiger partial charge in [-0.05, 0) is 42.5 Å². The third kappa shape index (κ3) is 7.50. The van der Waals surface area contributed by atoms with E-state index in [9.17, 15) is 19.2 Å². The summed E-state index contributed by atoms with van der Waals surface area (Å²) in [6.45, 7) is 5.55. The van der Waals surface area contributed by atoms with E-state index in [2.05, 4.69) is 21.0 Å². The summed E-state index contributed by atoms with van der Waals surface area (Å²) in [5.41, 5.74) is 1.28. The van der Waals surface area contributed by atoms with Crippen LogP contribution in [0, 0.1) is 5.41 Å². The van der Waals surface area contributed by atoms with E-state index in [1.807, 2.05) is 39.0 Å². The average molecular weight is 506 g/mol. The third-order valence-electron chi connectivity index (χ3n) is 5.36. The van der Waals surface area contributed by atoms with Crippen LogP contribution in [-0.2, 0) is 16.1 Å². The standard InChI is InChI=1S/C27H31N5O5/c1-27(2,3)26(36)30-19-11-9-18(10-12-19)25(35)29-16-15-28-23(33)17-32-24(34)14-13-21(31-32)20-7-5-6-8-22(20)37-4/h5-14H,15-17H2,1-4H3,(H,28,33)(H,29,35)(H,30,36). The fourth-order valence-electron chi connectivity index (χ4n) is 3.26. The molecule has 194 valence electrons. The average Bonchev–Trinajstić information content (AvgIpc) is 2.87. The largest absolute Gasteiger partial charge is 0.496 e. The summed E-state index contributed by atoms with van der Waals surface area (Å²) in [5.74, 6) is -0.251. The lowest BCUT2D eigenvalue weighted by Crippen LogP contribution is -2.38. The van der Waals surface area contributed by atoms with E-state index in [1.165, 1.54) is 6.07 Å². The molecule has 0 saturated heterocycles. The van der Waals surface area contributed by atoms with Crippen molar-refractivity contribution < 1.29 is 19.1 Å². The fraction of sp³-hybridized carbons (Fsp3) is 0.296. The van der Waals surface area contributed by atoms with Crippen molar-refractivity contribution in [3.63, 3.8) is 0 Å². The number of hydrogen-bond acceptors (Lipinski definition) is 6. The van der Waals surface area contributed by atoms with E-state index in [0.717, 1.165) is 4.68 Å². The van der Waals surface area contributed by atoms with Crippen LogP contribution in [0.25, 0.3) is 11.3 Å². The predicted molar refractivity (Wildman–Crippen MR) is 140 cm³/mol. The van der Waals surface area contributed by atoms with Gasteiger partial charge in [-0.25, -0.2) is 4.68 Å². The number of rotatable bonds is 9. The van der Waals surface area contributed by atoms with Gasteiger partial charge < -0.3 is 20.7 Å². The Kier molecular flexibility index (Phi) is 8.78. The highest BCUT2D eigenvalue weighted by Gasteiger charge is 2.21. The summed E-state index contributed by atoms with van der Waals surface area (Å²) in [5, 5.41) is 12.5. The minimum absolute atomic E-state index is 0.121. The van der Waals surface area contributed by atoms with Gasteiger partial charge in [0.1, 0.15) is 12.3 Å². The maximum Gasteiger partial charge on any atom is 0.267 e. The van der Waals surface area contributed by atoms with E-state index >= 15 is 0 Å². The first kappa shape index (κ1) is 27.1. The van der Waals surface area contributed by atoms with E-state index in [1.54, 1.807) is 43.5 Å². The molecule has 3 rings (SSSR count). The van der Waals surface area contributed by atoms with Crippen LogP contribution in [0.3, 0.4) is 0 Å². The number of amides is 3. The number of anilines is 1. The molecule has 10 heteroatoms.